The molecule has 3 aromatic rings. The normalized spacial score (nSPS) is 16.0. The number of methoxy groups -OCH3 is 1. The van der Waals surface area contributed by atoms with E-state index in [-0.39, 0.29) is 28.4 Å². The van der Waals surface area contributed by atoms with E-state index in [1.807, 2.05) is 11.7 Å². The number of alkyl halides is 3. The summed E-state index contributed by atoms with van der Waals surface area (Å²) in [5, 5.41) is 8.53. The van der Waals surface area contributed by atoms with E-state index < -0.39 is 11.7 Å². The van der Waals surface area contributed by atoms with Gasteiger partial charge in [-0.1, -0.05) is 19.0 Å². The molecule has 29 heavy (non-hydrogen) atoms. The highest BCUT2D eigenvalue weighted by atomic mass is 19.4. The minimum absolute atomic E-state index is 0.00342. The maximum Gasteiger partial charge on any atom is 0.419 e. The summed E-state index contributed by atoms with van der Waals surface area (Å²) in [6.45, 7) is 4.44. The molecule has 0 spiro atoms. The summed E-state index contributed by atoms with van der Waals surface area (Å²) < 4.78 is 51.8. The first-order valence-electron chi connectivity index (χ1n) is 9.23. The van der Waals surface area contributed by atoms with Crippen molar-refractivity contribution in [3.8, 4) is 28.7 Å². The fourth-order valence-corrected chi connectivity index (χ4v) is 3.77. The van der Waals surface area contributed by atoms with Crippen molar-refractivity contribution in [2.75, 3.05) is 7.11 Å². The number of fused-ring (bicyclic) bond motifs is 1. The predicted octanol–water partition coefficient (Wildman–Crippen LogP) is 4.68. The molecule has 9 heteroatoms. The second-order valence-corrected chi connectivity index (χ2v) is 8.07. The summed E-state index contributed by atoms with van der Waals surface area (Å²) in [5.74, 6) is 0.0204. The number of ether oxygens (including phenoxy) is 1. The molecule has 0 unspecified atom stereocenters. The van der Waals surface area contributed by atoms with Gasteiger partial charge in [0.15, 0.2) is 0 Å². The molecule has 1 aliphatic rings. The van der Waals surface area contributed by atoms with Crippen molar-refractivity contribution in [3.63, 3.8) is 0 Å². The molecule has 0 amide bonds. The zero-order chi connectivity index (χ0) is 21.0. The molecule has 0 radical (unpaired) electrons. The summed E-state index contributed by atoms with van der Waals surface area (Å²) in [6, 6.07) is 3.65. The van der Waals surface area contributed by atoms with E-state index in [0.717, 1.165) is 36.6 Å². The summed E-state index contributed by atoms with van der Waals surface area (Å²) in [6.07, 6.45) is -1.81. The van der Waals surface area contributed by atoms with Gasteiger partial charge >= 0.3 is 6.18 Å². The second kappa shape index (κ2) is 6.60. The SMILES string of the molecule is COc1ccc(-c2nc(-c3nn(C)c4c3CCC(C)(C)C4)no2)cc1C(F)(F)F. The van der Waals surface area contributed by atoms with Crippen molar-refractivity contribution in [1.29, 1.82) is 0 Å². The molecule has 0 atom stereocenters. The van der Waals surface area contributed by atoms with Crippen LogP contribution in [0.3, 0.4) is 0 Å². The molecule has 0 N–H and O–H groups in total. The zero-order valence-corrected chi connectivity index (χ0v) is 16.6. The predicted molar refractivity (Wildman–Crippen MR) is 99.3 cm³/mol. The monoisotopic (exact) mass is 406 g/mol. The molecule has 0 fully saturated rings. The highest BCUT2D eigenvalue weighted by Crippen LogP contribution is 2.40. The van der Waals surface area contributed by atoms with Crippen molar-refractivity contribution in [2.24, 2.45) is 12.5 Å². The Morgan fingerprint density at radius 3 is 2.69 bits per heavy atom. The number of hydrogen-bond donors (Lipinski definition) is 0. The summed E-state index contributed by atoms with van der Waals surface area (Å²) in [5.41, 5.74) is 2.30. The van der Waals surface area contributed by atoms with Crippen LogP contribution in [-0.4, -0.2) is 27.0 Å². The van der Waals surface area contributed by atoms with E-state index in [2.05, 4.69) is 29.1 Å². The third-order valence-electron chi connectivity index (χ3n) is 5.36. The molecule has 2 heterocycles. The van der Waals surface area contributed by atoms with Gasteiger partial charge in [0.25, 0.3) is 5.89 Å². The molecule has 1 aromatic carbocycles. The smallest absolute Gasteiger partial charge is 0.419 e. The third-order valence-corrected chi connectivity index (χ3v) is 5.36. The lowest BCUT2D eigenvalue weighted by Crippen LogP contribution is -2.23. The van der Waals surface area contributed by atoms with Gasteiger partial charge in [-0.2, -0.15) is 23.3 Å². The number of rotatable bonds is 3. The van der Waals surface area contributed by atoms with Crippen LogP contribution in [0.25, 0.3) is 23.0 Å². The molecule has 0 saturated carbocycles. The Kier molecular flexibility index (Phi) is 4.43. The first-order chi connectivity index (χ1) is 13.6. The third kappa shape index (κ3) is 3.49. The van der Waals surface area contributed by atoms with Gasteiger partial charge in [-0.05, 0) is 42.9 Å². The molecule has 154 valence electrons. The number of aryl methyl sites for hydroxylation is 1. The maximum absolute atomic E-state index is 13.3. The number of nitrogens with zero attached hydrogens (tertiary/aromatic N) is 4. The molecule has 2 aromatic heterocycles. The molecule has 0 saturated heterocycles. The summed E-state index contributed by atoms with van der Waals surface area (Å²) in [7, 11) is 3.07. The molecule has 0 bridgehead atoms. The molecule has 1 aliphatic carbocycles. The van der Waals surface area contributed by atoms with Crippen molar-refractivity contribution in [1.82, 2.24) is 19.9 Å². The second-order valence-electron chi connectivity index (χ2n) is 8.07. The first kappa shape index (κ1) is 19.5. The highest BCUT2D eigenvalue weighted by Gasteiger charge is 2.35. The van der Waals surface area contributed by atoms with Crippen molar-refractivity contribution >= 4 is 0 Å². The maximum atomic E-state index is 13.3. The van der Waals surface area contributed by atoms with Crippen LogP contribution in [0.4, 0.5) is 13.2 Å². The number of benzene rings is 1. The van der Waals surface area contributed by atoms with E-state index in [0.29, 0.717) is 5.69 Å². The average molecular weight is 406 g/mol. The van der Waals surface area contributed by atoms with Gasteiger partial charge in [-0.25, -0.2) is 0 Å². The topological polar surface area (TPSA) is 66.0 Å². The zero-order valence-electron chi connectivity index (χ0n) is 16.6. The van der Waals surface area contributed by atoms with Crippen molar-refractivity contribution in [2.45, 2.75) is 39.3 Å². The van der Waals surface area contributed by atoms with Gasteiger partial charge in [-0.3, -0.25) is 4.68 Å². The largest absolute Gasteiger partial charge is 0.496 e. The Bertz CT molecular complexity index is 1070. The minimum atomic E-state index is -4.56. The van der Waals surface area contributed by atoms with Gasteiger partial charge in [-0.15, -0.1) is 0 Å². The van der Waals surface area contributed by atoms with E-state index in [1.54, 1.807) is 0 Å². The fraction of sp³-hybridized carbons (Fsp3) is 0.450. The lowest BCUT2D eigenvalue weighted by molar-refractivity contribution is -0.138. The Balaban J connectivity index is 1.72. The molecule has 4 rings (SSSR count). The van der Waals surface area contributed by atoms with Gasteiger partial charge in [0.05, 0.1) is 12.7 Å². The Morgan fingerprint density at radius 2 is 2.00 bits per heavy atom. The highest BCUT2D eigenvalue weighted by molar-refractivity contribution is 5.62. The van der Waals surface area contributed by atoms with E-state index in [4.69, 9.17) is 9.26 Å². The van der Waals surface area contributed by atoms with E-state index in [1.165, 1.54) is 19.2 Å². The van der Waals surface area contributed by atoms with Gasteiger partial charge in [0.2, 0.25) is 5.82 Å². The van der Waals surface area contributed by atoms with Crippen LogP contribution in [0.2, 0.25) is 0 Å². The standard InChI is InChI=1S/C20H21F3N4O2/c1-19(2)8-7-12-14(10-19)27(3)25-16(12)17-24-18(29-26-17)11-5-6-15(28-4)13(9-11)20(21,22)23/h5-6,9H,7-8,10H2,1-4H3. The van der Waals surface area contributed by atoms with Crippen molar-refractivity contribution < 1.29 is 22.4 Å². The molecule has 6 nitrogen and oxygen atoms in total. The molecular weight excluding hydrogens is 385 g/mol. The van der Waals surface area contributed by atoms with Crippen LogP contribution in [0.5, 0.6) is 5.75 Å². The quantitative estimate of drug-likeness (QED) is 0.632. The Hall–Kier alpha value is -2.84. The van der Waals surface area contributed by atoms with Crippen LogP contribution >= 0.6 is 0 Å². The number of hydrogen-bond acceptors (Lipinski definition) is 5. The molecular formula is C20H21F3N4O2. The molecule has 0 aliphatic heterocycles. The first-order valence-corrected chi connectivity index (χ1v) is 9.23. The minimum Gasteiger partial charge on any atom is -0.496 e. The summed E-state index contributed by atoms with van der Waals surface area (Å²) >= 11 is 0. The summed E-state index contributed by atoms with van der Waals surface area (Å²) in [4.78, 5) is 4.33. The number of aromatic nitrogens is 4. The van der Waals surface area contributed by atoms with Gasteiger partial charge in [0.1, 0.15) is 11.4 Å². The van der Waals surface area contributed by atoms with Gasteiger partial charge in [0, 0.05) is 23.9 Å². The Labute approximate surface area is 165 Å². The van der Waals surface area contributed by atoms with E-state index in [9.17, 15) is 13.2 Å². The lowest BCUT2D eigenvalue weighted by atomic mass is 9.76. The fourth-order valence-electron chi connectivity index (χ4n) is 3.77. The van der Waals surface area contributed by atoms with Crippen LogP contribution in [0.1, 0.15) is 37.1 Å². The average Bonchev–Trinajstić information content (AvgIpc) is 3.25. The van der Waals surface area contributed by atoms with Crippen LogP contribution < -0.4 is 4.74 Å². The van der Waals surface area contributed by atoms with Crippen LogP contribution in [0.15, 0.2) is 22.7 Å². The van der Waals surface area contributed by atoms with Crippen molar-refractivity contribution in [3.05, 3.63) is 35.0 Å². The lowest BCUT2D eigenvalue weighted by Gasteiger charge is -2.29. The van der Waals surface area contributed by atoms with Crippen LogP contribution in [-0.2, 0) is 26.1 Å². The Morgan fingerprint density at radius 1 is 1.24 bits per heavy atom. The van der Waals surface area contributed by atoms with Gasteiger partial charge < -0.3 is 9.26 Å². The van der Waals surface area contributed by atoms with E-state index >= 15 is 0 Å². The number of halogens is 3. The van der Waals surface area contributed by atoms with Crippen LogP contribution in [0, 0.1) is 5.41 Å².